The lowest BCUT2D eigenvalue weighted by Crippen LogP contribution is -1.99. The van der Waals surface area contributed by atoms with Crippen molar-refractivity contribution in [2.45, 2.75) is 13.3 Å². The minimum Gasteiger partial charge on any atom is -0.381 e. The van der Waals surface area contributed by atoms with Gasteiger partial charge in [0.1, 0.15) is 11.7 Å². The second-order valence-electron chi connectivity index (χ2n) is 4.44. The van der Waals surface area contributed by atoms with Gasteiger partial charge in [-0.15, -0.1) is 6.42 Å². The van der Waals surface area contributed by atoms with E-state index in [0.29, 0.717) is 23.4 Å². The molecule has 0 saturated carbocycles. The van der Waals surface area contributed by atoms with E-state index in [1.807, 2.05) is 0 Å². The highest BCUT2D eigenvalue weighted by atomic mass is 19.1. The van der Waals surface area contributed by atoms with Gasteiger partial charge in [-0.25, -0.2) is 18.2 Å². The number of nitrogens with one attached hydrogen (secondary N) is 1. The molecule has 2 rings (SSSR count). The summed E-state index contributed by atoms with van der Waals surface area (Å²) in [7, 11) is 0. The maximum Gasteiger partial charge on any atom is 0.166 e. The van der Waals surface area contributed by atoms with Crippen LogP contribution in [0.2, 0.25) is 0 Å². The molecule has 0 aromatic carbocycles. The predicted molar refractivity (Wildman–Crippen MR) is 85.7 cm³/mol. The standard InChI is InChI=1S/C9H9F2N.C8H7FN2/c1-2-7(10)6-8(11)9-4-3-5-12-9;1-3-6-4-7(9)8(10)11-5(6)2/h2-3,5-6,12H,1,4H2;1,4H,2H3,(H2,10,11)/b7-6+,9-8-;. The summed E-state index contributed by atoms with van der Waals surface area (Å²) < 4.78 is 38.1. The Bertz CT molecular complexity index is 715. The molecule has 0 aliphatic carbocycles. The van der Waals surface area contributed by atoms with Crippen LogP contribution in [-0.4, -0.2) is 4.98 Å². The third kappa shape index (κ3) is 5.40. The number of aromatic nitrogens is 1. The number of nitrogens with two attached hydrogens (primary N) is 1. The largest absolute Gasteiger partial charge is 0.381 e. The molecule has 3 nitrogen and oxygen atoms in total. The van der Waals surface area contributed by atoms with Gasteiger partial charge in [0.15, 0.2) is 11.6 Å². The Morgan fingerprint density at radius 2 is 2.22 bits per heavy atom. The Morgan fingerprint density at radius 3 is 2.74 bits per heavy atom. The molecule has 23 heavy (non-hydrogen) atoms. The summed E-state index contributed by atoms with van der Waals surface area (Å²) in [4.78, 5) is 3.70. The predicted octanol–water partition coefficient (Wildman–Crippen LogP) is 3.81. The first-order chi connectivity index (χ1) is 10.9. The van der Waals surface area contributed by atoms with Gasteiger partial charge in [-0.1, -0.05) is 18.6 Å². The van der Waals surface area contributed by atoms with Gasteiger partial charge in [0.2, 0.25) is 0 Å². The molecular formula is C17H16F3N3. The second-order valence-corrected chi connectivity index (χ2v) is 4.44. The van der Waals surface area contributed by atoms with Crippen LogP contribution in [0.3, 0.4) is 0 Å². The van der Waals surface area contributed by atoms with E-state index in [4.69, 9.17) is 12.2 Å². The lowest BCUT2D eigenvalue weighted by atomic mass is 10.2. The number of pyridine rings is 1. The van der Waals surface area contributed by atoms with Gasteiger partial charge in [-0.05, 0) is 25.3 Å². The Labute approximate surface area is 133 Å². The third-order valence-corrected chi connectivity index (χ3v) is 2.79. The molecule has 6 heteroatoms. The van der Waals surface area contributed by atoms with Crippen LogP contribution in [0.25, 0.3) is 0 Å². The minimum absolute atomic E-state index is 0.110. The van der Waals surface area contributed by atoms with E-state index < -0.39 is 17.5 Å². The van der Waals surface area contributed by atoms with E-state index in [1.165, 1.54) is 6.07 Å². The van der Waals surface area contributed by atoms with E-state index in [9.17, 15) is 13.2 Å². The average Bonchev–Trinajstić information content (AvgIpc) is 3.06. The molecule has 0 fully saturated rings. The van der Waals surface area contributed by atoms with E-state index in [0.717, 1.165) is 12.2 Å². The molecule has 0 amide bonds. The van der Waals surface area contributed by atoms with Crippen LogP contribution in [0.4, 0.5) is 19.0 Å². The van der Waals surface area contributed by atoms with Gasteiger partial charge in [0.05, 0.1) is 11.4 Å². The number of halogens is 3. The van der Waals surface area contributed by atoms with Crippen molar-refractivity contribution in [2.75, 3.05) is 5.73 Å². The lowest BCUT2D eigenvalue weighted by Gasteiger charge is -1.99. The van der Waals surface area contributed by atoms with Gasteiger partial charge in [0, 0.05) is 18.1 Å². The molecule has 0 bridgehead atoms. The van der Waals surface area contributed by atoms with Gasteiger partial charge in [-0.2, -0.15) is 0 Å². The quantitative estimate of drug-likeness (QED) is 0.644. The highest BCUT2D eigenvalue weighted by Crippen LogP contribution is 2.16. The maximum atomic E-state index is 13.0. The monoisotopic (exact) mass is 319 g/mol. The summed E-state index contributed by atoms with van der Waals surface area (Å²) in [6.45, 7) is 4.86. The van der Waals surface area contributed by atoms with Crippen LogP contribution < -0.4 is 11.1 Å². The molecule has 1 aliphatic heterocycles. The van der Waals surface area contributed by atoms with Crippen LogP contribution in [-0.2, 0) is 0 Å². The highest BCUT2D eigenvalue weighted by Gasteiger charge is 2.05. The van der Waals surface area contributed by atoms with Gasteiger partial charge in [-0.3, -0.25) is 0 Å². The molecule has 1 aliphatic rings. The summed E-state index contributed by atoms with van der Waals surface area (Å²) in [5.74, 6) is 0.371. The normalized spacial score (nSPS) is 15.2. The number of allylic oxidation sites excluding steroid dienone is 5. The fourth-order valence-electron chi connectivity index (χ4n) is 1.57. The maximum absolute atomic E-state index is 13.0. The zero-order chi connectivity index (χ0) is 17.4. The first kappa shape index (κ1) is 18.1. The van der Waals surface area contributed by atoms with Crippen LogP contribution in [0, 0.1) is 25.1 Å². The lowest BCUT2D eigenvalue weighted by molar-refractivity contribution is 0.617. The van der Waals surface area contributed by atoms with Gasteiger partial charge < -0.3 is 11.1 Å². The minimum atomic E-state index is -0.672. The molecular weight excluding hydrogens is 303 g/mol. The first-order valence-corrected chi connectivity index (χ1v) is 6.58. The van der Waals surface area contributed by atoms with Gasteiger partial charge in [0.25, 0.3) is 0 Å². The number of nitrogen functional groups attached to an aromatic ring is 1. The van der Waals surface area contributed by atoms with Crippen molar-refractivity contribution in [3.8, 4) is 12.3 Å². The smallest absolute Gasteiger partial charge is 0.166 e. The molecule has 2 heterocycles. The number of hydrogen-bond acceptors (Lipinski definition) is 3. The fourth-order valence-corrected chi connectivity index (χ4v) is 1.57. The average molecular weight is 319 g/mol. The molecule has 3 N–H and O–H groups in total. The highest BCUT2D eigenvalue weighted by molar-refractivity contribution is 5.42. The van der Waals surface area contributed by atoms with Crippen molar-refractivity contribution in [3.63, 3.8) is 0 Å². The Hall–Kier alpha value is -2.94. The van der Waals surface area contributed by atoms with Crippen LogP contribution in [0.1, 0.15) is 17.7 Å². The third-order valence-electron chi connectivity index (χ3n) is 2.79. The summed E-state index contributed by atoms with van der Waals surface area (Å²) in [5.41, 5.74) is 6.59. The van der Waals surface area contributed by atoms with Crippen molar-refractivity contribution >= 4 is 5.82 Å². The van der Waals surface area contributed by atoms with Crippen molar-refractivity contribution in [2.24, 2.45) is 0 Å². The Balaban J connectivity index is 0.000000231. The van der Waals surface area contributed by atoms with E-state index >= 15 is 0 Å². The van der Waals surface area contributed by atoms with E-state index in [2.05, 4.69) is 22.8 Å². The summed E-state index contributed by atoms with van der Waals surface area (Å²) in [6, 6.07) is 1.21. The van der Waals surface area contributed by atoms with Crippen LogP contribution in [0.15, 0.2) is 54.4 Å². The summed E-state index contributed by atoms with van der Waals surface area (Å²) in [5, 5.41) is 2.66. The van der Waals surface area contributed by atoms with Crippen molar-refractivity contribution in [1.29, 1.82) is 0 Å². The number of aryl methyl sites for hydroxylation is 1. The number of hydrogen-bond donors (Lipinski definition) is 2. The van der Waals surface area contributed by atoms with Crippen molar-refractivity contribution in [1.82, 2.24) is 10.3 Å². The summed E-state index contributed by atoms with van der Waals surface area (Å²) in [6.07, 6.45) is 10.7. The molecule has 0 saturated heterocycles. The van der Waals surface area contributed by atoms with E-state index in [1.54, 1.807) is 19.2 Å². The zero-order valence-electron chi connectivity index (χ0n) is 12.5. The Kier molecular flexibility index (Phi) is 6.68. The SMILES string of the molecule is C#Cc1cc(F)c(N)nc1C.C=C/C(F)=C\C(F)=C1/CC=CN1. The Morgan fingerprint density at radius 1 is 1.52 bits per heavy atom. The van der Waals surface area contributed by atoms with Crippen molar-refractivity contribution in [3.05, 3.63) is 71.5 Å². The van der Waals surface area contributed by atoms with Gasteiger partial charge >= 0.3 is 0 Å². The van der Waals surface area contributed by atoms with Crippen molar-refractivity contribution < 1.29 is 13.2 Å². The fraction of sp³-hybridized carbons (Fsp3) is 0.118. The number of rotatable bonds is 2. The number of anilines is 1. The zero-order valence-corrected chi connectivity index (χ0v) is 12.5. The molecule has 1 aromatic rings. The van der Waals surface area contributed by atoms with Crippen LogP contribution >= 0.6 is 0 Å². The topological polar surface area (TPSA) is 50.9 Å². The molecule has 0 radical (unpaired) electrons. The molecule has 1 aromatic heterocycles. The van der Waals surface area contributed by atoms with Crippen LogP contribution in [0.5, 0.6) is 0 Å². The first-order valence-electron chi connectivity index (χ1n) is 6.58. The molecule has 120 valence electrons. The number of nitrogens with zero attached hydrogens (tertiary/aromatic N) is 1. The molecule has 0 atom stereocenters. The van der Waals surface area contributed by atoms with E-state index in [-0.39, 0.29) is 5.82 Å². The molecule has 0 unspecified atom stereocenters. The molecule has 0 spiro atoms. The second kappa shape index (κ2) is 8.49. The number of terminal acetylenes is 1. The summed E-state index contributed by atoms with van der Waals surface area (Å²) >= 11 is 0.